The Kier molecular flexibility index (Phi) is 6.55. The smallest absolute Gasteiger partial charge is 0.270 e. The molecule has 3 saturated carbocycles. The van der Waals surface area contributed by atoms with E-state index in [9.17, 15) is 22.4 Å². The third-order valence-corrected chi connectivity index (χ3v) is 8.72. The van der Waals surface area contributed by atoms with Crippen LogP contribution in [0.5, 0.6) is 0 Å². The quantitative estimate of drug-likeness (QED) is 0.399. The summed E-state index contributed by atoms with van der Waals surface area (Å²) in [5, 5.41) is 5.45. The number of anilines is 1. The molecule has 37 heavy (non-hydrogen) atoms. The number of aryl methyl sites for hydroxylation is 1. The number of nitrogens with one attached hydrogen (secondary N) is 3. The number of halogens is 1. The number of sulfonamides is 1. The molecule has 10 heteroatoms. The van der Waals surface area contributed by atoms with Gasteiger partial charge in [-0.05, 0) is 73.6 Å². The predicted molar refractivity (Wildman–Crippen MR) is 136 cm³/mol. The molecule has 192 valence electrons. The van der Waals surface area contributed by atoms with E-state index in [2.05, 4.69) is 20.3 Å². The highest BCUT2D eigenvalue weighted by molar-refractivity contribution is 7.89. The first-order valence-electron chi connectivity index (χ1n) is 12.0. The van der Waals surface area contributed by atoms with E-state index in [1.54, 1.807) is 13.0 Å². The van der Waals surface area contributed by atoms with Gasteiger partial charge in [-0.15, -0.1) is 0 Å². The third-order valence-electron chi connectivity index (χ3n) is 6.99. The fourth-order valence-corrected chi connectivity index (χ4v) is 6.66. The van der Waals surface area contributed by atoms with Gasteiger partial charge in [0.05, 0.1) is 11.1 Å². The van der Waals surface area contributed by atoms with Gasteiger partial charge >= 0.3 is 0 Å². The van der Waals surface area contributed by atoms with Gasteiger partial charge in [0, 0.05) is 17.6 Å². The largest absolute Gasteiger partial charge is 0.339 e. The van der Waals surface area contributed by atoms with E-state index in [-0.39, 0.29) is 22.5 Å². The van der Waals surface area contributed by atoms with E-state index in [1.807, 2.05) is 30.3 Å². The van der Waals surface area contributed by atoms with Crippen LogP contribution in [0, 0.1) is 18.7 Å². The zero-order valence-corrected chi connectivity index (χ0v) is 21.0. The van der Waals surface area contributed by atoms with E-state index in [0.717, 1.165) is 37.1 Å². The monoisotopic (exact) mass is 522 g/mol. The van der Waals surface area contributed by atoms with Crippen LogP contribution >= 0.6 is 0 Å². The van der Waals surface area contributed by atoms with Gasteiger partial charge in [-0.2, -0.15) is 0 Å². The van der Waals surface area contributed by atoms with Crippen LogP contribution < -0.4 is 15.4 Å². The van der Waals surface area contributed by atoms with Gasteiger partial charge in [-0.3, -0.25) is 9.59 Å². The first kappa shape index (κ1) is 25.0. The second kappa shape index (κ2) is 9.68. The van der Waals surface area contributed by atoms with Crippen molar-refractivity contribution in [2.45, 2.75) is 49.1 Å². The van der Waals surface area contributed by atoms with Crippen LogP contribution in [0.4, 0.5) is 10.1 Å². The van der Waals surface area contributed by atoms with E-state index in [4.69, 9.17) is 0 Å². The summed E-state index contributed by atoms with van der Waals surface area (Å²) in [4.78, 5) is 29.9. The molecule has 3 aliphatic carbocycles. The summed E-state index contributed by atoms with van der Waals surface area (Å²) in [7, 11) is -3.68. The Morgan fingerprint density at radius 1 is 1.08 bits per heavy atom. The average Bonchev–Trinajstić information content (AvgIpc) is 2.81. The van der Waals surface area contributed by atoms with Crippen molar-refractivity contribution in [1.82, 2.24) is 15.0 Å². The standard InChI is InChI=1S/C27H27FN4O4S/c1-17-11-21(8-10-24(17)37(35,36)32-27-13-19(14-27)15-27)30-26(34)23(12-18-5-3-2-4-6-18)31-25(33)22-9-7-20(28)16-29-22/h2-11,16,19,23,32H,12-15H2,1H3,(H,30,34)(H,31,33). The molecule has 2 amide bonds. The first-order chi connectivity index (χ1) is 17.6. The molecular formula is C27H27FN4O4S. The van der Waals surface area contributed by atoms with Crippen molar-refractivity contribution >= 4 is 27.5 Å². The molecule has 3 N–H and O–H groups in total. The third kappa shape index (κ3) is 5.40. The molecular weight excluding hydrogens is 495 g/mol. The molecule has 0 spiro atoms. The van der Waals surface area contributed by atoms with E-state index < -0.39 is 33.7 Å². The molecule has 3 aliphatic rings. The predicted octanol–water partition coefficient (Wildman–Crippen LogP) is 3.34. The van der Waals surface area contributed by atoms with Crippen molar-refractivity contribution in [1.29, 1.82) is 0 Å². The average molecular weight is 523 g/mol. The number of benzene rings is 2. The Bertz CT molecular complexity index is 1430. The van der Waals surface area contributed by atoms with E-state index >= 15 is 0 Å². The maximum atomic E-state index is 13.2. The van der Waals surface area contributed by atoms with Gasteiger partial charge in [0.2, 0.25) is 15.9 Å². The van der Waals surface area contributed by atoms with Crippen LogP contribution in [-0.4, -0.2) is 36.8 Å². The van der Waals surface area contributed by atoms with Gasteiger partial charge in [-0.25, -0.2) is 22.5 Å². The number of aromatic nitrogens is 1. The van der Waals surface area contributed by atoms with E-state index in [1.165, 1.54) is 18.2 Å². The summed E-state index contributed by atoms with van der Waals surface area (Å²) in [5.74, 6) is -1.03. The SMILES string of the molecule is Cc1cc(NC(=O)C(Cc2ccccc2)NC(=O)c2ccc(F)cn2)ccc1S(=O)(=O)NC12CC(C1)C2. The van der Waals surface area contributed by atoms with E-state index in [0.29, 0.717) is 17.2 Å². The van der Waals surface area contributed by atoms with Gasteiger partial charge in [0.1, 0.15) is 17.6 Å². The molecule has 0 aliphatic heterocycles. The van der Waals surface area contributed by atoms with Gasteiger partial charge in [0.25, 0.3) is 5.91 Å². The first-order valence-corrected chi connectivity index (χ1v) is 13.5. The Labute approximate surface area is 214 Å². The van der Waals surface area contributed by atoms with Crippen molar-refractivity contribution in [3.63, 3.8) is 0 Å². The van der Waals surface area contributed by atoms with Gasteiger partial charge in [0.15, 0.2) is 0 Å². The van der Waals surface area contributed by atoms with Crippen molar-refractivity contribution in [2.75, 3.05) is 5.32 Å². The molecule has 0 saturated heterocycles. The lowest BCUT2D eigenvalue weighted by atomic mass is 9.50. The Balaban J connectivity index is 1.31. The summed E-state index contributed by atoms with van der Waals surface area (Å²) >= 11 is 0. The molecule has 2 bridgehead atoms. The van der Waals surface area contributed by atoms with Crippen molar-refractivity contribution in [3.8, 4) is 0 Å². The molecule has 0 radical (unpaired) electrons. The fourth-order valence-electron chi connectivity index (χ4n) is 5.00. The minimum atomic E-state index is -3.68. The number of amides is 2. The molecule has 3 fully saturated rings. The summed E-state index contributed by atoms with van der Waals surface area (Å²) < 4.78 is 41.9. The number of pyridine rings is 1. The normalized spacial score (nSPS) is 20.8. The van der Waals surface area contributed by atoms with Crippen molar-refractivity contribution < 1.29 is 22.4 Å². The Morgan fingerprint density at radius 2 is 1.81 bits per heavy atom. The molecule has 3 aromatic rings. The zero-order valence-electron chi connectivity index (χ0n) is 20.2. The fraction of sp³-hybridized carbons (Fsp3) is 0.296. The second-order valence-corrected chi connectivity index (χ2v) is 11.6. The highest BCUT2D eigenvalue weighted by Crippen LogP contribution is 2.57. The molecule has 1 heterocycles. The summed E-state index contributed by atoms with van der Waals surface area (Å²) in [6.45, 7) is 1.68. The Morgan fingerprint density at radius 3 is 2.41 bits per heavy atom. The highest BCUT2D eigenvalue weighted by Gasteiger charge is 2.58. The molecule has 2 aromatic carbocycles. The maximum absolute atomic E-state index is 13.2. The number of hydrogen-bond donors (Lipinski definition) is 3. The zero-order chi connectivity index (χ0) is 26.2. The highest BCUT2D eigenvalue weighted by atomic mass is 32.2. The number of carbonyl (C=O) groups is 2. The summed E-state index contributed by atoms with van der Waals surface area (Å²) in [6.07, 6.45) is 3.81. The minimum Gasteiger partial charge on any atom is -0.339 e. The molecule has 1 atom stereocenters. The lowest BCUT2D eigenvalue weighted by molar-refractivity contribution is -0.118. The van der Waals surface area contributed by atoms with Gasteiger partial charge in [-0.1, -0.05) is 30.3 Å². The van der Waals surface area contributed by atoms with Crippen molar-refractivity contribution in [3.05, 3.63) is 89.5 Å². The maximum Gasteiger partial charge on any atom is 0.270 e. The summed E-state index contributed by atoms with van der Waals surface area (Å²) in [5.41, 5.74) is 1.42. The number of rotatable bonds is 9. The lowest BCUT2D eigenvalue weighted by Crippen LogP contribution is -2.67. The molecule has 1 unspecified atom stereocenters. The Hall–Kier alpha value is -3.63. The second-order valence-electron chi connectivity index (χ2n) is 9.91. The van der Waals surface area contributed by atoms with Crippen LogP contribution in [0.3, 0.4) is 0 Å². The molecule has 6 rings (SSSR count). The van der Waals surface area contributed by atoms with Crippen LogP contribution in [0.1, 0.15) is 40.9 Å². The van der Waals surface area contributed by atoms with Crippen LogP contribution in [0.2, 0.25) is 0 Å². The van der Waals surface area contributed by atoms with Gasteiger partial charge < -0.3 is 10.6 Å². The van der Waals surface area contributed by atoms with Crippen LogP contribution in [-0.2, 0) is 21.2 Å². The minimum absolute atomic E-state index is 0.0196. The number of carbonyl (C=O) groups excluding carboxylic acids is 2. The van der Waals surface area contributed by atoms with Crippen LogP contribution in [0.15, 0.2) is 71.8 Å². The van der Waals surface area contributed by atoms with Crippen LogP contribution in [0.25, 0.3) is 0 Å². The number of hydrogen-bond acceptors (Lipinski definition) is 5. The molecule has 8 nitrogen and oxygen atoms in total. The van der Waals surface area contributed by atoms with Crippen molar-refractivity contribution in [2.24, 2.45) is 5.92 Å². The topological polar surface area (TPSA) is 117 Å². The lowest BCUT2D eigenvalue weighted by Gasteiger charge is -2.61. The summed E-state index contributed by atoms with van der Waals surface area (Å²) in [6, 6.07) is 15.2. The number of nitrogens with zero attached hydrogens (tertiary/aromatic N) is 1. The molecule has 1 aromatic heterocycles.